The number of unbranched alkanes of at least 4 members (excludes halogenated alkanes) is 2. The van der Waals surface area contributed by atoms with Crippen LogP contribution in [0, 0.1) is 0 Å². The van der Waals surface area contributed by atoms with Crippen LogP contribution >= 0.6 is 0 Å². The molecule has 0 amide bonds. The van der Waals surface area contributed by atoms with Gasteiger partial charge in [0.1, 0.15) is 0 Å². The Morgan fingerprint density at radius 3 is 2.29 bits per heavy atom. The molecule has 0 unspecified atom stereocenters. The highest BCUT2D eigenvalue weighted by Crippen LogP contribution is 2.13. The molecule has 0 radical (unpaired) electrons. The summed E-state index contributed by atoms with van der Waals surface area (Å²) < 4.78 is 0. The predicted octanol–water partition coefficient (Wildman–Crippen LogP) is 4.45. The number of allylic oxidation sites excluding steroid dienone is 1. The molecule has 0 saturated heterocycles. The lowest BCUT2D eigenvalue weighted by atomic mass is 10.0. The maximum atomic E-state index is 3.93. The van der Waals surface area contributed by atoms with Crippen molar-refractivity contribution in [1.29, 1.82) is 0 Å². The third kappa shape index (κ3) is 3.37. The monoisotopic (exact) mass is 188 g/mol. The van der Waals surface area contributed by atoms with Gasteiger partial charge in [0.25, 0.3) is 0 Å². The van der Waals surface area contributed by atoms with E-state index in [1.54, 1.807) is 0 Å². The van der Waals surface area contributed by atoms with Crippen molar-refractivity contribution in [2.45, 2.75) is 39.5 Å². The van der Waals surface area contributed by atoms with Crippen molar-refractivity contribution in [2.75, 3.05) is 0 Å². The minimum Gasteiger partial charge on any atom is -0.0955 e. The fourth-order valence-electron chi connectivity index (χ4n) is 1.54. The molecule has 0 heteroatoms. The predicted molar refractivity (Wildman–Crippen MR) is 64.4 cm³/mol. The average molecular weight is 188 g/mol. The number of rotatable bonds is 5. The molecule has 0 heterocycles. The molecule has 0 aliphatic heterocycles. The maximum absolute atomic E-state index is 3.93. The second-order valence-corrected chi connectivity index (χ2v) is 3.93. The topological polar surface area (TPSA) is 0 Å². The van der Waals surface area contributed by atoms with Gasteiger partial charge in [-0.25, -0.2) is 0 Å². The number of benzene rings is 1. The quantitative estimate of drug-likeness (QED) is 0.599. The minimum atomic E-state index is 1.14. The Hall–Kier alpha value is -1.04. The van der Waals surface area contributed by atoms with E-state index >= 15 is 0 Å². The molecule has 0 nitrogen and oxygen atoms in total. The van der Waals surface area contributed by atoms with E-state index in [4.69, 9.17) is 0 Å². The van der Waals surface area contributed by atoms with Crippen LogP contribution in [0.1, 0.15) is 44.2 Å². The van der Waals surface area contributed by atoms with Crippen molar-refractivity contribution in [3.8, 4) is 0 Å². The van der Waals surface area contributed by atoms with E-state index in [9.17, 15) is 0 Å². The summed E-state index contributed by atoms with van der Waals surface area (Å²) in [5, 5.41) is 0. The smallest absolute Gasteiger partial charge is 0.0233 e. The SMILES string of the molecule is C=C(C)c1ccc(CCCCC)cc1. The molecule has 1 rings (SSSR count). The van der Waals surface area contributed by atoms with Crippen LogP contribution in [0.3, 0.4) is 0 Å². The van der Waals surface area contributed by atoms with Crippen molar-refractivity contribution in [3.63, 3.8) is 0 Å². The number of aryl methyl sites for hydroxylation is 1. The zero-order valence-electron chi connectivity index (χ0n) is 9.34. The lowest BCUT2D eigenvalue weighted by molar-refractivity contribution is 0.717. The van der Waals surface area contributed by atoms with Crippen LogP contribution in [0.4, 0.5) is 0 Å². The van der Waals surface area contributed by atoms with Crippen molar-refractivity contribution in [3.05, 3.63) is 42.0 Å². The van der Waals surface area contributed by atoms with Gasteiger partial charge in [0, 0.05) is 0 Å². The molecule has 0 aromatic heterocycles. The van der Waals surface area contributed by atoms with Crippen molar-refractivity contribution >= 4 is 5.57 Å². The first kappa shape index (κ1) is 11.0. The van der Waals surface area contributed by atoms with Crippen LogP contribution in [-0.2, 0) is 6.42 Å². The molecular formula is C14H20. The summed E-state index contributed by atoms with van der Waals surface area (Å²) in [5.41, 5.74) is 3.85. The fraction of sp³-hybridized carbons (Fsp3) is 0.429. The van der Waals surface area contributed by atoms with E-state index in [2.05, 4.69) is 37.8 Å². The summed E-state index contributed by atoms with van der Waals surface area (Å²) in [6, 6.07) is 8.78. The first-order chi connectivity index (χ1) is 6.74. The molecule has 0 aliphatic rings. The van der Waals surface area contributed by atoms with Gasteiger partial charge in [0.15, 0.2) is 0 Å². The lowest BCUT2D eigenvalue weighted by Crippen LogP contribution is -1.86. The van der Waals surface area contributed by atoms with Crippen molar-refractivity contribution < 1.29 is 0 Å². The fourth-order valence-corrected chi connectivity index (χ4v) is 1.54. The highest BCUT2D eigenvalue weighted by molar-refractivity contribution is 5.61. The zero-order chi connectivity index (χ0) is 10.4. The lowest BCUT2D eigenvalue weighted by Gasteiger charge is -2.03. The van der Waals surface area contributed by atoms with Gasteiger partial charge >= 0.3 is 0 Å². The molecular weight excluding hydrogens is 168 g/mol. The molecule has 0 atom stereocenters. The van der Waals surface area contributed by atoms with E-state index in [0.29, 0.717) is 0 Å². The Morgan fingerprint density at radius 2 is 1.79 bits per heavy atom. The van der Waals surface area contributed by atoms with Crippen LogP contribution < -0.4 is 0 Å². The average Bonchev–Trinajstić information content (AvgIpc) is 2.19. The molecule has 1 aromatic carbocycles. The van der Waals surface area contributed by atoms with Gasteiger partial charge in [-0.3, -0.25) is 0 Å². The molecule has 1 aromatic rings. The van der Waals surface area contributed by atoms with Gasteiger partial charge in [-0.05, 0) is 30.9 Å². The highest BCUT2D eigenvalue weighted by atomic mass is 14.0. The molecule has 0 saturated carbocycles. The largest absolute Gasteiger partial charge is 0.0955 e. The second-order valence-electron chi connectivity index (χ2n) is 3.93. The maximum Gasteiger partial charge on any atom is -0.0233 e. The first-order valence-corrected chi connectivity index (χ1v) is 5.49. The summed E-state index contributed by atoms with van der Waals surface area (Å²) in [6.45, 7) is 8.22. The van der Waals surface area contributed by atoms with E-state index in [0.717, 1.165) is 5.57 Å². The Labute approximate surface area is 87.7 Å². The van der Waals surface area contributed by atoms with Gasteiger partial charge in [-0.1, -0.05) is 56.2 Å². The van der Waals surface area contributed by atoms with Gasteiger partial charge in [0.2, 0.25) is 0 Å². The standard InChI is InChI=1S/C14H20/c1-4-5-6-7-13-8-10-14(11-9-13)12(2)3/h8-11H,2,4-7H2,1,3H3. The summed E-state index contributed by atoms with van der Waals surface area (Å²) in [6.07, 6.45) is 5.15. The highest BCUT2D eigenvalue weighted by Gasteiger charge is 1.95. The molecule has 0 N–H and O–H groups in total. The summed E-state index contributed by atoms with van der Waals surface area (Å²) in [4.78, 5) is 0. The van der Waals surface area contributed by atoms with Crippen LogP contribution in [0.25, 0.3) is 5.57 Å². The zero-order valence-corrected chi connectivity index (χ0v) is 9.34. The third-order valence-electron chi connectivity index (χ3n) is 2.52. The summed E-state index contributed by atoms with van der Waals surface area (Å²) in [5.74, 6) is 0. The van der Waals surface area contributed by atoms with Gasteiger partial charge in [-0.15, -0.1) is 0 Å². The normalized spacial score (nSPS) is 10.1. The van der Waals surface area contributed by atoms with Crippen LogP contribution in [0.15, 0.2) is 30.8 Å². The molecule has 0 spiro atoms. The third-order valence-corrected chi connectivity index (χ3v) is 2.52. The summed E-state index contributed by atoms with van der Waals surface area (Å²) in [7, 11) is 0. The van der Waals surface area contributed by atoms with E-state index in [1.165, 1.54) is 36.8 Å². The van der Waals surface area contributed by atoms with E-state index in [-0.39, 0.29) is 0 Å². The van der Waals surface area contributed by atoms with Gasteiger partial charge in [-0.2, -0.15) is 0 Å². The van der Waals surface area contributed by atoms with E-state index in [1.807, 2.05) is 6.92 Å². The van der Waals surface area contributed by atoms with Crippen LogP contribution in [0.2, 0.25) is 0 Å². The Bertz CT molecular complexity index is 279. The van der Waals surface area contributed by atoms with Crippen LogP contribution in [-0.4, -0.2) is 0 Å². The Morgan fingerprint density at radius 1 is 1.14 bits per heavy atom. The van der Waals surface area contributed by atoms with E-state index < -0.39 is 0 Å². The van der Waals surface area contributed by atoms with Crippen molar-refractivity contribution in [2.24, 2.45) is 0 Å². The molecule has 76 valence electrons. The molecule has 14 heavy (non-hydrogen) atoms. The molecule has 0 aliphatic carbocycles. The Balaban J connectivity index is 2.51. The number of hydrogen-bond acceptors (Lipinski definition) is 0. The second kappa shape index (κ2) is 5.64. The van der Waals surface area contributed by atoms with Crippen molar-refractivity contribution in [1.82, 2.24) is 0 Å². The molecule has 0 fully saturated rings. The summed E-state index contributed by atoms with van der Waals surface area (Å²) >= 11 is 0. The number of hydrogen-bond donors (Lipinski definition) is 0. The van der Waals surface area contributed by atoms with Crippen LogP contribution in [0.5, 0.6) is 0 Å². The minimum absolute atomic E-state index is 1.14. The first-order valence-electron chi connectivity index (χ1n) is 5.49. The Kier molecular flexibility index (Phi) is 4.45. The molecule has 0 bridgehead atoms. The van der Waals surface area contributed by atoms with Gasteiger partial charge in [0.05, 0.1) is 0 Å². The van der Waals surface area contributed by atoms with Gasteiger partial charge < -0.3 is 0 Å².